The van der Waals surface area contributed by atoms with Crippen molar-refractivity contribution in [2.24, 2.45) is 0 Å². The summed E-state index contributed by atoms with van der Waals surface area (Å²) in [5.74, 6) is -1.04. The van der Waals surface area contributed by atoms with Gasteiger partial charge in [-0.15, -0.1) is 0 Å². The molecule has 7 heteroatoms. The number of alkyl halides is 3. The molecule has 2 N–H and O–H groups in total. The summed E-state index contributed by atoms with van der Waals surface area (Å²) in [7, 11) is 0. The predicted molar refractivity (Wildman–Crippen MR) is 94.2 cm³/mol. The lowest BCUT2D eigenvalue weighted by atomic mass is 9.98. The Hall–Kier alpha value is -2.83. The van der Waals surface area contributed by atoms with Gasteiger partial charge in [-0.05, 0) is 48.2 Å². The van der Waals surface area contributed by atoms with Gasteiger partial charge in [-0.2, -0.15) is 13.2 Å². The molecule has 0 saturated heterocycles. The van der Waals surface area contributed by atoms with Crippen LogP contribution in [0.1, 0.15) is 47.9 Å². The van der Waals surface area contributed by atoms with Crippen molar-refractivity contribution in [2.45, 2.75) is 32.4 Å². The number of hydrogen-bond acceptors (Lipinski definition) is 2. The van der Waals surface area contributed by atoms with Gasteiger partial charge in [0.2, 0.25) is 5.82 Å². The molecule has 1 heterocycles. The average Bonchev–Trinajstić information content (AvgIpc) is 3.05. The van der Waals surface area contributed by atoms with Crippen molar-refractivity contribution in [2.75, 3.05) is 5.32 Å². The maximum Gasteiger partial charge on any atom is 0.449 e. The molecule has 1 amide bonds. The number of benzene rings is 2. The van der Waals surface area contributed by atoms with E-state index in [0.717, 1.165) is 6.42 Å². The first-order valence-electron chi connectivity index (χ1n) is 8.26. The molecular formula is C19H18F3N3O. The summed E-state index contributed by atoms with van der Waals surface area (Å²) in [6, 6.07) is 11.7. The van der Waals surface area contributed by atoms with E-state index < -0.39 is 17.9 Å². The lowest BCUT2D eigenvalue weighted by Crippen LogP contribution is -2.11. The highest BCUT2D eigenvalue weighted by Gasteiger charge is 2.34. The van der Waals surface area contributed by atoms with E-state index in [4.69, 9.17) is 0 Å². The van der Waals surface area contributed by atoms with Crippen LogP contribution in [0, 0.1) is 0 Å². The van der Waals surface area contributed by atoms with Crippen LogP contribution in [0.3, 0.4) is 0 Å². The van der Waals surface area contributed by atoms with Gasteiger partial charge in [0.25, 0.3) is 5.91 Å². The van der Waals surface area contributed by atoms with Gasteiger partial charge in [0.1, 0.15) is 0 Å². The fourth-order valence-electron chi connectivity index (χ4n) is 2.62. The summed E-state index contributed by atoms with van der Waals surface area (Å²) < 4.78 is 38.1. The summed E-state index contributed by atoms with van der Waals surface area (Å²) in [5, 5.41) is 2.75. The van der Waals surface area contributed by atoms with Crippen molar-refractivity contribution in [3.63, 3.8) is 0 Å². The van der Waals surface area contributed by atoms with E-state index in [1.807, 2.05) is 24.3 Å². The van der Waals surface area contributed by atoms with Crippen LogP contribution >= 0.6 is 0 Å². The second-order valence-corrected chi connectivity index (χ2v) is 6.20. The molecule has 136 valence electrons. The normalized spacial score (nSPS) is 13.0. The van der Waals surface area contributed by atoms with Crippen LogP contribution in [0.4, 0.5) is 18.9 Å². The Balaban J connectivity index is 1.79. The number of hydrogen-bond donors (Lipinski definition) is 2. The first-order valence-corrected chi connectivity index (χ1v) is 8.26. The summed E-state index contributed by atoms with van der Waals surface area (Å²) in [6.45, 7) is 4.23. The Labute approximate surface area is 148 Å². The van der Waals surface area contributed by atoms with Crippen molar-refractivity contribution in [1.29, 1.82) is 0 Å². The van der Waals surface area contributed by atoms with Crippen LogP contribution in [0.5, 0.6) is 0 Å². The SMILES string of the molecule is CCC(C)c1ccc(NC(=O)c2ccc3nc(C(F)(F)F)[nH]c3c2)cc1. The molecule has 1 aromatic heterocycles. The molecule has 1 unspecified atom stereocenters. The molecule has 0 aliphatic rings. The number of amides is 1. The highest BCUT2D eigenvalue weighted by molar-refractivity contribution is 6.05. The van der Waals surface area contributed by atoms with E-state index in [-0.39, 0.29) is 16.6 Å². The molecule has 3 rings (SSSR count). The van der Waals surface area contributed by atoms with Crippen molar-refractivity contribution < 1.29 is 18.0 Å². The van der Waals surface area contributed by atoms with Gasteiger partial charge in [0, 0.05) is 11.3 Å². The number of anilines is 1. The molecule has 0 spiro atoms. The van der Waals surface area contributed by atoms with E-state index >= 15 is 0 Å². The maximum atomic E-state index is 12.7. The van der Waals surface area contributed by atoms with Crippen molar-refractivity contribution in [3.8, 4) is 0 Å². The minimum absolute atomic E-state index is 0.159. The highest BCUT2D eigenvalue weighted by Crippen LogP contribution is 2.29. The number of carbonyl (C=O) groups excluding carboxylic acids is 1. The van der Waals surface area contributed by atoms with Crippen LogP contribution < -0.4 is 5.32 Å². The van der Waals surface area contributed by atoms with Crippen LogP contribution in [0.25, 0.3) is 11.0 Å². The number of halogens is 3. The van der Waals surface area contributed by atoms with Crippen molar-refractivity contribution >= 4 is 22.6 Å². The third-order valence-corrected chi connectivity index (χ3v) is 4.36. The van der Waals surface area contributed by atoms with Gasteiger partial charge >= 0.3 is 6.18 Å². The average molecular weight is 361 g/mol. The number of aromatic amines is 1. The zero-order chi connectivity index (χ0) is 18.9. The minimum Gasteiger partial charge on any atom is -0.334 e. The van der Waals surface area contributed by atoms with E-state index in [1.165, 1.54) is 23.8 Å². The van der Waals surface area contributed by atoms with Crippen LogP contribution in [0.15, 0.2) is 42.5 Å². The van der Waals surface area contributed by atoms with Crippen molar-refractivity contribution in [3.05, 3.63) is 59.4 Å². The van der Waals surface area contributed by atoms with Crippen LogP contribution in [-0.2, 0) is 6.18 Å². The summed E-state index contributed by atoms with van der Waals surface area (Å²) in [6.07, 6.45) is -3.53. The zero-order valence-electron chi connectivity index (χ0n) is 14.3. The molecule has 26 heavy (non-hydrogen) atoms. The third kappa shape index (κ3) is 3.71. The Morgan fingerprint density at radius 1 is 1.19 bits per heavy atom. The maximum absolute atomic E-state index is 12.7. The van der Waals surface area contributed by atoms with Gasteiger partial charge in [0.15, 0.2) is 0 Å². The zero-order valence-corrected chi connectivity index (χ0v) is 14.3. The molecule has 3 aromatic rings. The van der Waals surface area contributed by atoms with E-state index in [0.29, 0.717) is 11.6 Å². The molecule has 0 saturated carbocycles. The van der Waals surface area contributed by atoms with Gasteiger partial charge < -0.3 is 10.3 Å². The Morgan fingerprint density at radius 2 is 1.88 bits per heavy atom. The summed E-state index contributed by atoms with van der Waals surface area (Å²) >= 11 is 0. The van der Waals surface area contributed by atoms with Gasteiger partial charge in [-0.25, -0.2) is 4.98 Å². The Morgan fingerprint density at radius 3 is 2.50 bits per heavy atom. The standard InChI is InChI=1S/C19H18F3N3O/c1-3-11(2)12-4-7-14(8-5-12)23-17(26)13-6-9-15-16(10-13)25-18(24-15)19(20,21)22/h4-11H,3H2,1-2H3,(H,23,26)(H,24,25). The minimum atomic E-state index is -4.56. The molecule has 1 atom stereocenters. The highest BCUT2D eigenvalue weighted by atomic mass is 19.4. The number of H-pyrrole nitrogens is 1. The fraction of sp³-hybridized carbons (Fsp3) is 0.263. The predicted octanol–water partition coefficient (Wildman–Crippen LogP) is 5.35. The van der Waals surface area contributed by atoms with Crippen LogP contribution in [0.2, 0.25) is 0 Å². The van der Waals surface area contributed by atoms with Gasteiger partial charge in [-0.1, -0.05) is 26.0 Å². The molecule has 4 nitrogen and oxygen atoms in total. The Kier molecular flexibility index (Phi) is 4.71. The molecule has 0 bridgehead atoms. The lowest BCUT2D eigenvalue weighted by Gasteiger charge is -2.10. The third-order valence-electron chi connectivity index (χ3n) is 4.36. The second kappa shape index (κ2) is 6.82. The van der Waals surface area contributed by atoms with E-state index in [2.05, 4.69) is 29.1 Å². The molecule has 0 aliphatic carbocycles. The number of nitrogens with zero attached hydrogens (tertiary/aromatic N) is 1. The molecular weight excluding hydrogens is 343 g/mol. The quantitative estimate of drug-likeness (QED) is 0.658. The Bertz CT molecular complexity index is 929. The molecule has 2 aromatic carbocycles. The largest absolute Gasteiger partial charge is 0.449 e. The first kappa shape index (κ1) is 18.0. The number of rotatable bonds is 4. The molecule has 0 aliphatic heterocycles. The number of carbonyl (C=O) groups is 1. The first-order chi connectivity index (χ1) is 12.3. The fourth-order valence-corrected chi connectivity index (χ4v) is 2.62. The second-order valence-electron chi connectivity index (χ2n) is 6.20. The molecule has 0 radical (unpaired) electrons. The van der Waals surface area contributed by atoms with Gasteiger partial charge in [-0.3, -0.25) is 4.79 Å². The van der Waals surface area contributed by atoms with E-state index in [1.54, 1.807) is 0 Å². The number of fused-ring (bicyclic) bond motifs is 1. The summed E-state index contributed by atoms with van der Waals surface area (Å²) in [5.41, 5.74) is 2.39. The van der Waals surface area contributed by atoms with Crippen LogP contribution in [-0.4, -0.2) is 15.9 Å². The van der Waals surface area contributed by atoms with E-state index in [9.17, 15) is 18.0 Å². The number of aromatic nitrogens is 2. The summed E-state index contributed by atoms with van der Waals surface area (Å²) in [4.78, 5) is 18.1. The monoisotopic (exact) mass is 361 g/mol. The topological polar surface area (TPSA) is 57.8 Å². The van der Waals surface area contributed by atoms with Crippen molar-refractivity contribution in [1.82, 2.24) is 9.97 Å². The number of imidazole rings is 1. The molecule has 0 fully saturated rings. The van der Waals surface area contributed by atoms with Gasteiger partial charge in [0.05, 0.1) is 11.0 Å². The smallest absolute Gasteiger partial charge is 0.334 e. The number of nitrogens with one attached hydrogen (secondary N) is 2. The lowest BCUT2D eigenvalue weighted by molar-refractivity contribution is -0.144.